The smallest absolute Gasteiger partial charge is 0.210 e. The highest BCUT2D eigenvalue weighted by molar-refractivity contribution is 7.91. The zero-order valence-corrected chi connectivity index (χ0v) is 19.4. The molecule has 4 rings (SSSR count). The van der Waals surface area contributed by atoms with Crippen LogP contribution in [0, 0.1) is 6.92 Å². The first-order valence-corrected chi connectivity index (χ1v) is 12.1. The first-order chi connectivity index (χ1) is 15.4. The molecule has 0 saturated heterocycles. The summed E-state index contributed by atoms with van der Waals surface area (Å²) in [4.78, 5) is 4.68. The molecule has 1 aromatic heterocycles. The monoisotopic (exact) mass is 466 g/mol. The van der Waals surface area contributed by atoms with Gasteiger partial charge in [0.2, 0.25) is 9.84 Å². The summed E-state index contributed by atoms with van der Waals surface area (Å²) in [6, 6.07) is 19.7. The van der Waals surface area contributed by atoms with Gasteiger partial charge in [0.15, 0.2) is 0 Å². The fourth-order valence-electron chi connectivity index (χ4n) is 3.43. The molecule has 4 aromatic rings. The molecule has 7 heteroatoms. The summed E-state index contributed by atoms with van der Waals surface area (Å²) in [5.41, 5.74) is 3.37. The van der Waals surface area contributed by atoms with Crippen LogP contribution in [0.1, 0.15) is 18.1 Å². The van der Waals surface area contributed by atoms with Crippen molar-refractivity contribution in [3.05, 3.63) is 89.1 Å². The van der Waals surface area contributed by atoms with Crippen LogP contribution in [0.2, 0.25) is 5.02 Å². The molecular weight excluding hydrogens is 444 g/mol. The molecule has 0 aliphatic rings. The van der Waals surface area contributed by atoms with Gasteiger partial charge in [-0.15, -0.1) is 0 Å². The maximum atomic E-state index is 13.5. The molecule has 0 unspecified atom stereocenters. The molecule has 0 spiro atoms. The number of fused-ring (bicyclic) bond motifs is 1. The minimum atomic E-state index is -3.84. The van der Waals surface area contributed by atoms with Crippen molar-refractivity contribution >= 4 is 38.0 Å². The number of ether oxygens (including phenoxy) is 1. The number of nitrogens with zero attached hydrogens (tertiary/aromatic N) is 1. The van der Waals surface area contributed by atoms with Gasteiger partial charge < -0.3 is 10.1 Å². The first kappa shape index (κ1) is 22.1. The normalized spacial score (nSPS) is 11.5. The van der Waals surface area contributed by atoms with Crippen LogP contribution in [0.5, 0.6) is 5.75 Å². The Labute approximate surface area is 192 Å². The van der Waals surface area contributed by atoms with Gasteiger partial charge in [-0.1, -0.05) is 41.4 Å². The minimum Gasteiger partial charge on any atom is -0.494 e. The lowest BCUT2D eigenvalue weighted by atomic mass is 10.1. The van der Waals surface area contributed by atoms with Gasteiger partial charge in [0.05, 0.1) is 22.7 Å². The lowest BCUT2D eigenvalue weighted by molar-refractivity contribution is 0.340. The molecular formula is C25H23ClN2O3S. The number of pyridine rings is 1. The third-order valence-electron chi connectivity index (χ3n) is 5.12. The van der Waals surface area contributed by atoms with Gasteiger partial charge in [0.1, 0.15) is 10.6 Å². The summed E-state index contributed by atoms with van der Waals surface area (Å²) >= 11 is 5.96. The maximum Gasteiger partial charge on any atom is 0.210 e. The molecule has 0 bridgehead atoms. The van der Waals surface area contributed by atoms with Crippen LogP contribution in [-0.4, -0.2) is 20.0 Å². The van der Waals surface area contributed by atoms with Gasteiger partial charge >= 0.3 is 0 Å². The van der Waals surface area contributed by atoms with Crippen molar-refractivity contribution in [2.75, 3.05) is 11.9 Å². The van der Waals surface area contributed by atoms with Crippen LogP contribution < -0.4 is 10.1 Å². The molecule has 32 heavy (non-hydrogen) atoms. The van der Waals surface area contributed by atoms with Gasteiger partial charge in [-0.2, -0.15) is 0 Å². The van der Waals surface area contributed by atoms with Crippen molar-refractivity contribution in [1.29, 1.82) is 0 Å². The van der Waals surface area contributed by atoms with Crippen LogP contribution in [0.4, 0.5) is 5.69 Å². The van der Waals surface area contributed by atoms with E-state index in [0.717, 1.165) is 11.1 Å². The van der Waals surface area contributed by atoms with Crippen LogP contribution >= 0.6 is 11.6 Å². The highest BCUT2D eigenvalue weighted by atomic mass is 35.5. The number of sulfone groups is 1. The lowest BCUT2D eigenvalue weighted by Crippen LogP contribution is -2.10. The minimum absolute atomic E-state index is 0.105. The van der Waals surface area contributed by atoms with Gasteiger partial charge in [-0.3, -0.25) is 4.98 Å². The van der Waals surface area contributed by atoms with E-state index in [1.54, 1.807) is 12.1 Å². The van der Waals surface area contributed by atoms with E-state index in [1.165, 1.54) is 18.3 Å². The third-order valence-corrected chi connectivity index (χ3v) is 7.15. The van der Waals surface area contributed by atoms with Crippen LogP contribution in [0.25, 0.3) is 10.9 Å². The molecule has 0 aliphatic carbocycles. The number of benzene rings is 3. The third kappa shape index (κ3) is 4.56. The van der Waals surface area contributed by atoms with Crippen LogP contribution in [0.15, 0.2) is 82.7 Å². The van der Waals surface area contributed by atoms with Crippen LogP contribution in [-0.2, 0) is 16.4 Å². The average Bonchev–Trinajstić information content (AvgIpc) is 2.79. The fourth-order valence-corrected chi connectivity index (χ4v) is 4.95. The van der Waals surface area contributed by atoms with Crippen molar-refractivity contribution in [1.82, 2.24) is 4.98 Å². The van der Waals surface area contributed by atoms with E-state index in [0.29, 0.717) is 40.5 Å². The number of hydrogen-bond donors (Lipinski definition) is 1. The zero-order valence-electron chi connectivity index (χ0n) is 17.8. The Hall–Kier alpha value is -3.09. The Balaban J connectivity index is 1.86. The van der Waals surface area contributed by atoms with Crippen molar-refractivity contribution in [3.8, 4) is 5.75 Å². The summed E-state index contributed by atoms with van der Waals surface area (Å²) in [5.74, 6) is 0.654. The molecule has 1 N–H and O–H groups in total. The second-order valence-corrected chi connectivity index (χ2v) is 9.76. The van der Waals surface area contributed by atoms with Crippen molar-refractivity contribution in [2.24, 2.45) is 0 Å². The zero-order chi connectivity index (χ0) is 22.7. The molecule has 0 fully saturated rings. The highest BCUT2D eigenvalue weighted by Gasteiger charge is 2.24. The Morgan fingerprint density at radius 3 is 2.41 bits per heavy atom. The summed E-state index contributed by atoms with van der Waals surface area (Å²) in [6.07, 6.45) is 1.41. The standard InChI is InChI=1S/C25H23ClN2O3S/c1-3-31-20-10-13-23-22(14-20)25(28-15-18-6-4-17(2)5-7-18)24(16-27-23)32(29,30)21-11-8-19(26)9-12-21/h4-14,16H,3,15H2,1-2H3,(H,27,28). The van der Waals surface area contributed by atoms with Gasteiger partial charge in [-0.25, -0.2) is 8.42 Å². The van der Waals surface area contributed by atoms with Gasteiger partial charge in [0.25, 0.3) is 0 Å². The summed E-state index contributed by atoms with van der Waals surface area (Å²) in [6.45, 7) is 4.90. The molecule has 1 heterocycles. The van der Waals surface area contributed by atoms with E-state index in [2.05, 4.69) is 10.3 Å². The molecule has 164 valence electrons. The topological polar surface area (TPSA) is 68.3 Å². The molecule has 0 saturated carbocycles. The molecule has 3 aromatic carbocycles. The number of hydrogen-bond acceptors (Lipinski definition) is 5. The van der Waals surface area contributed by atoms with E-state index in [9.17, 15) is 8.42 Å². The van der Waals surface area contributed by atoms with Crippen LogP contribution in [0.3, 0.4) is 0 Å². The predicted molar refractivity (Wildman–Crippen MR) is 128 cm³/mol. The molecule has 5 nitrogen and oxygen atoms in total. The SMILES string of the molecule is CCOc1ccc2ncc(S(=O)(=O)c3ccc(Cl)cc3)c(NCc3ccc(C)cc3)c2c1. The number of aryl methyl sites for hydroxylation is 1. The summed E-state index contributed by atoms with van der Waals surface area (Å²) in [5, 5.41) is 4.50. The Morgan fingerprint density at radius 1 is 1.00 bits per heavy atom. The van der Waals surface area contributed by atoms with Crippen molar-refractivity contribution < 1.29 is 13.2 Å². The van der Waals surface area contributed by atoms with E-state index < -0.39 is 9.84 Å². The predicted octanol–water partition coefficient (Wildman–Crippen LogP) is 6.04. The molecule has 0 atom stereocenters. The molecule has 0 radical (unpaired) electrons. The summed E-state index contributed by atoms with van der Waals surface area (Å²) < 4.78 is 32.7. The van der Waals surface area contributed by atoms with Crippen molar-refractivity contribution in [3.63, 3.8) is 0 Å². The number of anilines is 1. The quantitative estimate of drug-likeness (QED) is 0.359. The Bertz CT molecular complexity index is 1350. The van der Waals surface area contributed by atoms with E-state index in [4.69, 9.17) is 16.3 Å². The number of rotatable bonds is 7. The number of aromatic nitrogens is 1. The number of halogens is 1. The highest BCUT2D eigenvalue weighted by Crippen LogP contribution is 2.35. The van der Waals surface area contributed by atoms with E-state index >= 15 is 0 Å². The molecule has 0 amide bonds. The Kier molecular flexibility index (Phi) is 6.35. The fraction of sp³-hybridized carbons (Fsp3) is 0.160. The lowest BCUT2D eigenvalue weighted by Gasteiger charge is -2.16. The largest absolute Gasteiger partial charge is 0.494 e. The second kappa shape index (κ2) is 9.18. The van der Waals surface area contributed by atoms with Gasteiger partial charge in [-0.05, 0) is 61.9 Å². The molecule has 0 aliphatic heterocycles. The maximum absolute atomic E-state index is 13.5. The summed E-state index contributed by atoms with van der Waals surface area (Å²) in [7, 11) is -3.84. The van der Waals surface area contributed by atoms with Crippen molar-refractivity contribution in [2.45, 2.75) is 30.2 Å². The second-order valence-electron chi connectivity index (χ2n) is 7.41. The first-order valence-electron chi connectivity index (χ1n) is 10.2. The van der Waals surface area contributed by atoms with Gasteiger partial charge in [0, 0.05) is 23.2 Å². The Morgan fingerprint density at radius 2 is 1.72 bits per heavy atom. The average molecular weight is 467 g/mol. The van der Waals surface area contributed by atoms with E-state index in [1.807, 2.05) is 56.3 Å². The van der Waals surface area contributed by atoms with E-state index in [-0.39, 0.29) is 9.79 Å². The number of nitrogens with one attached hydrogen (secondary N) is 1.